The second-order valence-electron chi connectivity index (χ2n) is 6.41. The number of hydrogen-bond donors (Lipinski definition) is 3. The van der Waals surface area contributed by atoms with E-state index in [1.807, 2.05) is 18.7 Å². The van der Waals surface area contributed by atoms with Crippen molar-refractivity contribution in [1.82, 2.24) is 15.5 Å². The molecule has 1 aromatic heterocycles. The van der Waals surface area contributed by atoms with Crippen molar-refractivity contribution in [3.05, 3.63) is 17.5 Å². The van der Waals surface area contributed by atoms with E-state index in [-0.39, 0.29) is 52.4 Å². The summed E-state index contributed by atoms with van der Waals surface area (Å²) in [7, 11) is -3.50. The van der Waals surface area contributed by atoms with Gasteiger partial charge >= 0.3 is 0 Å². The number of likely N-dealkylation sites (tertiary alicyclic amines) is 1. The molecule has 0 aromatic carbocycles. The number of thiophene rings is 1. The summed E-state index contributed by atoms with van der Waals surface area (Å²) < 4.78 is 24.7. The number of carbonyl (C=O) groups excluding carboxylic acids is 1. The van der Waals surface area contributed by atoms with Crippen molar-refractivity contribution in [2.24, 2.45) is 4.99 Å². The predicted octanol–water partition coefficient (Wildman–Crippen LogP) is 1.07. The summed E-state index contributed by atoms with van der Waals surface area (Å²) in [5.41, 5.74) is 0. The molecule has 1 fully saturated rings. The van der Waals surface area contributed by atoms with Crippen molar-refractivity contribution in [1.29, 1.82) is 0 Å². The first-order valence-corrected chi connectivity index (χ1v) is 11.7. The lowest BCUT2D eigenvalue weighted by molar-refractivity contribution is -0.129. The summed E-state index contributed by atoms with van der Waals surface area (Å²) in [4.78, 5) is 17.9. The van der Waals surface area contributed by atoms with Crippen LogP contribution < -0.4 is 10.6 Å². The molecule has 1 aliphatic heterocycles. The minimum absolute atomic E-state index is 0. The van der Waals surface area contributed by atoms with E-state index in [1.54, 1.807) is 11.4 Å². The molecule has 11 heteroatoms. The van der Waals surface area contributed by atoms with Crippen LogP contribution in [0.4, 0.5) is 0 Å². The van der Waals surface area contributed by atoms with Crippen molar-refractivity contribution in [3.63, 3.8) is 0 Å². The minimum Gasteiger partial charge on any atom is -0.390 e. The first-order chi connectivity index (χ1) is 12.9. The molecule has 160 valence electrons. The van der Waals surface area contributed by atoms with E-state index in [0.717, 1.165) is 17.8 Å². The van der Waals surface area contributed by atoms with Crippen molar-refractivity contribution in [2.45, 2.75) is 43.0 Å². The molecule has 1 aromatic rings. The highest BCUT2D eigenvalue weighted by atomic mass is 127. The van der Waals surface area contributed by atoms with E-state index in [2.05, 4.69) is 15.6 Å². The van der Waals surface area contributed by atoms with Crippen LogP contribution in [-0.4, -0.2) is 74.4 Å². The van der Waals surface area contributed by atoms with Gasteiger partial charge in [-0.05, 0) is 24.8 Å². The van der Waals surface area contributed by atoms with E-state index in [9.17, 15) is 18.3 Å². The number of carbonyl (C=O) groups is 1. The second kappa shape index (κ2) is 11.9. The van der Waals surface area contributed by atoms with Gasteiger partial charge in [0.15, 0.2) is 15.8 Å². The highest BCUT2D eigenvalue weighted by molar-refractivity contribution is 14.0. The number of nitrogens with zero attached hydrogens (tertiary/aromatic N) is 2. The molecule has 1 saturated heterocycles. The number of rotatable bonds is 8. The molecule has 0 saturated carbocycles. The molecule has 2 rings (SSSR count). The summed E-state index contributed by atoms with van der Waals surface area (Å²) in [6.07, 6.45) is 0.228. The van der Waals surface area contributed by atoms with Crippen molar-refractivity contribution in [2.75, 3.05) is 31.9 Å². The number of aliphatic hydroxyl groups excluding tert-OH is 1. The molecular weight excluding hydrogens is 515 g/mol. The van der Waals surface area contributed by atoms with Crippen LogP contribution in [0.5, 0.6) is 0 Å². The lowest BCUT2D eigenvalue weighted by Gasteiger charge is -2.19. The summed E-state index contributed by atoms with van der Waals surface area (Å²) in [6.45, 7) is 5.72. The zero-order valence-corrected chi connectivity index (χ0v) is 20.1. The number of aliphatic imine (C=N–C) groups is 1. The quantitative estimate of drug-likeness (QED) is 0.257. The Morgan fingerprint density at radius 2 is 2.21 bits per heavy atom. The Kier molecular flexibility index (Phi) is 10.7. The standard InChI is InChI=1S/C17H28N4O4S2.HI/c1-3-15(23)21-8-7-13(11-21)20-17(18-4-2)19-10-14(22)12-27(24,25)16-6-5-9-26-16;/h5-6,9,13-14,22H,3-4,7-8,10-12H2,1-2H3,(H2,18,19,20);1H. The van der Waals surface area contributed by atoms with Gasteiger partial charge in [0.25, 0.3) is 0 Å². The molecule has 1 aliphatic rings. The molecule has 0 spiro atoms. The van der Waals surface area contributed by atoms with Gasteiger partial charge in [-0.3, -0.25) is 9.79 Å². The van der Waals surface area contributed by atoms with Crippen molar-refractivity contribution < 1.29 is 18.3 Å². The van der Waals surface area contributed by atoms with Crippen LogP contribution in [0.2, 0.25) is 0 Å². The Morgan fingerprint density at radius 3 is 2.82 bits per heavy atom. The maximum absolute atomic E-state index is 12.2. The number of sulfone groups is 1. The van der Waals surface area contributed by atoms with Crippen molar-refractivity contribution in [3.8, 4) is 0 Å². The normalized spacial score (nSPS) is 18.5. The topological polar surface area (TPSA) is 111 Å². The maximum Gasteiger partial charge on any atom is 0.222 e. The summed E-state index contributed by atoms with van der Waals surface area (Å²) in [6, 6.07) is 3.29. The van der Waals surface area contributed by atoms with E-state index >= 15 is 0 Å². The fourth-order valence-electron chi connectivity index (χ4n) is 2.87. The number of amides is 1. The highest BCUT2D eigenvalue weighted by Crippen LogP contribution is 2.18. The second-order valence-corrected chi connectivity index (χ2v) is 9.62. The number of aliphatic hydroxyl groups is 1. The Labute approximate surface area is 187 Å². The fraction of sp³-hybridized carbons (Fsp3) is 0.647. The van der Waals surface area contributed by atoms with Crippen molar-refractivity contribution >= 4 is 57.0 Å². The van der Waals surface area contributed by atoms with E-state index < -0.39 is 15.9 Å². The average Bonchev–Trinajstić information content (AvgIpc) is 3.31. The maximum atomic E-state index is 12.2. The molecule has 0 bridgehead atoms. The lowest BCUT2D eigenvalue weighted by Crippen LogP contribution is -2.45. The van der Waals surface area contributed by atoms with Crippen LogP contribution in [0.3, 0.4) is 0 Å². The van der Waals surface area contributed by atoms with Gasteiger partial charge < -0.3 is 20.6 Å². The first-order valence-electron chi connectivity index (χ1n) is 9.12. The van der Waals surface area contributed by atoms with Gasteiger partial charge in [0, 0.05) is 32.1 Å². The molecule has 0 radical (unpaired) electrons. The van der Waals surface area contributed by atoms with Crippen LogP contribution in [0.25, 0.3) is 0 Å². The monoisotopic (exact) mass is 544 g/mol. The molecular formula is C17H29IN4O4S2. The largest absolute Gasteiger partial charge is 0.390 e. The summed E-state index contributed by atoms with van der Waals surface area (Å²) in [5, 5.41) is 18.2. The number of nitrogens with one attached hydrogen (secondary N) is 2. The zero-order valence-electron chi connectivity index (χ0n) is 16.1. The van der Waals surface area contributed by atoms with E-state index in [0.29, 0.717) is 32.0 Å². The smallest absolute Gasteiger partial charge is 0.222 e. The van der Waals surface area contributed by atoms with Crippen LogP contribution in [0.1, 0.15) is 26.7 Å². The molecule has 3 N–H and O–H groups in total. The van der Waals surface area contributed by atoms with Gasteiger partial charge in [-0.1, -0.05) is 13.0 Å². The third-order valence-electron chi connectivity index (χ3n) is 4.20. The third-order valence-corrected chi connectivity index (χ3v) is 7.49. The highest BCUT2D eigenvalue weighted by Gasteiger charge is 2.26. The molecule has 0 aliphatic carbocycles. The molecule has 2 atom stereocenters. The van der Waals surface area contributed by atoms with Gasteiger partial charge in [0.2, 0.25) is 5.91 Å². The van der Waals surface area contributed by atoms with Gasteiger partial charge in [-0.2, -0.15) is 0 Å². The number of guanidine groups is 1. The van der Waals surface area contributed by atoms with E-state index in [1.165, 1.54) is 6.07 Å². The average molecular weight is 544 g/mol. The summed E-state index contributed by atoms with van der Waals surface area (Å²) >= 11 is 1.14. The molecule has 28 heavy (non-hydrogen) atoms. The van der Waals surface area contributed by atoms with Gasteiger partial charge in [-0.25, -0.2) is 8.42 Å². The van der Waals surface area contributed by atoms with Crippen LogP contribution >= 0.6 is 35.3 Å². The minimum atomic E-state index is -3.50. The molecule has 1 amide bonds. The Morgan fingerprint density at radius 1 is 1.46 bits per heavy atom. The Bertz CT molecular complexity index is 740. The summed E-state index contributed by atoms with van der Waals surface area (Å²) in [5.74, 6) is 0.287. The molecule has 2 unspecified atom stereocenters. The SMILES string of the molecule is CCNC(=NCC(O)CS(=O)(=O)c1cccs1)NC1CCN(C(=O)CC)C1.I. The number of halogens is 1. The van der Waals surface area contributed by atoms with E-state index in [4.69, 9.17) is 0 Å². The Hall–Kier alpha value is -0.920. The zero-order chi connectivity index (χ0) is 19.9. The van der Waals surface area contributed by atoms with Gasteiger partial charge in [0.05, 0.1) is 18.4 Å². The van der Waals surface area contributed by atoms with Gasteiger partial charge in [-0.15, -0.1) is 35.3 Å². The molecule has 8 nitrogen and oxygen atoms in total. The lowest BCUT2D eigenvalue weighted by atomic mass is 10.3. The molecule has 2 heterocycles. The number of hydrogen-bond acceptors (Lipinski definition) is 6. The van der Waals surface area contributed by atoms with Crippen LogP contribution in [0, 0.1) is 0 Å². The predicted molar refractivity (Wildman–Crippen MR) is 122 cm³/mol. The Balaban J connectivity index is 0.00000392. The van der Waals surface area contributed by atoms with Gasteiger partial charge in [0.1, 0.15) is 4.21 Å². The first kappa shape index (κ1) is 25.1. The van der Waals surface area contributed by atoms with Crippen LogP contribution in [-0.2, 0) is 14.6 Å². The van der Waals surface area contributed by atoms with Crippen LogP contribution in [0.15, 0.2) is 26.7 Å². The third kappa shape index (κ3) is 7.48. The fourth-order valence-corrected chi connectivity index (χ4v) is 5.33.